The molecule has 2 saturated heterocycles. The summed E-state index contributed by atoms with van der Waals surface area (Å²) in [6.45, 7) is 6.30. The number of carbonyl (C=O) groups is 1. The largest absolute Gasteiger partial charge is 0.360 e. The van der Waals surface area contributed by atoms with Crippen LogP contribution in [0.4, 0.5) is 5.82 Å². The van der Waals surface area contributed by atoms with Crippen LogP contribution < -0.4 is 4.90 Å². The van der Waals surface area contributed by atoms with E-state index in [0.29, 0.717) is 56.3 Å². The van der Waals surface area contributed by atoms with Gasteiger partial charge in [-0.1, -0.05) is 16.8 Å². The van der Waals surface area contributed by atoms with Gasteiger partial charge in [0.25, 0.3) is 0 Å². The Kier molecular flexibility index (Phi) is 6.23. The maximum Gasteiger partial charge on any atom is 0.248 e. The summed E-state index contributed by atoms with van der Waals surface area (Å²) in [6.07, 6.45) is 2.95. The van der Waals surface area contributed by atoms with Crippen LogP contribution in [0.5, 0.6) is 0 Å². The maximum absolute atomic E-state index is 13.2. The molecule has 4 heterocycles. The molecule has 2 aromatic rings. The smallest absolute Gasteiger partial charge is 0.248 e. The van der Waals surface area contributed by atoms with Gasteiger partial charge >= 0.3 is 0 Å². The summed E-state index contributed by atoms with van der Waals surface area (Å²) in [5, 5.41) is 4.36. The van der Waals surface area contributed by atoms with Gasteiger partial charge in [-0.25, -0.2) is 13.4 Å². The van der Waals surface area contributed by atoms with Gasteiger partial charge in [0.15, 0.2) is 5.76 Å². The number of pyridine rings is 1. The minimum absolute atomic E-state index is 0.0161. The molecule has 0 saturated carbocycles. The molecule has 2 fully saturated rings. The molecule has 0 aliphatic carbocycles. The number of carbonyl (C=O) groups excluding carboxylic acids is 1. The number of amides is 1. The van der Waals surface area contributed by atoms with E-state index in [1.807, 2.05) is 11.0 Å². The number of hydrogen-bond donors (Lipinski definition) is 0. The number of aryl methyl sites for hydroxylation is 2. The first kappa shape index (κ1) is 22.0. The summed E-state index contributed by atoms with van der Waals surface area (Å²) >= 11 is 5.91. The Balaban J connectivity index is 1.40. The van der Waals surface area contributed by atoms with Crippen molar-refractivity contribution in [3.05, 3.63) is 34.8 Å². The van der Waals surface area contributed by atoms with Gasteiger partial charge in [-0.2, -0.15) is 4.31 Å². The van der Waals surface area contributed by atoms with E-state index in [2.05, 4.69) is 15.0 Å². The van der Waals surface area contributed by atoms with Crippen LogP contribution in [0.1, 0.15) is 24.3 Å². The third-order valence-electron chi connectivity index (χ3n) is 5.93. The second-order valence-corrected chi connectivity index (χ2v) is 10.3. The van der Waals surface area contributed by atoms with Crippen molar-refractivity contribution in [1.82, 2.24) is 19.3 Å². The first-order chi connectivity index (χ1) is 14.8. The van der Waals surface area contributed by atoms with E-state index in [4.69, 9.17) is 16.1 Å². The number of sulfonamides is 1. The first-order valence-corrected chi connectivity index (χ1v) is 12.2. The van der Waals surface area contributed by atoms with Gasteiger partial charge in [-0.15, -0.1) is 0 Å². The number of halogens is 1. The van der Waals surface area contributed by atoms with Crippen LogP contribution in [0.15, 0.2) is 27.7 Å². The Bertz CT molecular complexity index is 1030. The average molecular weight is 468 g/mol. The second kappa shape index (κ2) is 8.76. The molecular formula is C20H26ClN5O4S. The standard InChI is InChI=1S/C20H26ClN5O4S/c1-14-19(15(2)30-23-14)31(28,29)26-7-3-4-16(13-26)20(27)25-10-8-24(9-11-25)18-6-5-17(21)12-22-18/h5-6,12,16H,3-4,7-11,13H2,1-2H3. The summed E-state index contributed by atoms with van der Waals surface area (Å²) in [4.78, 5) is 21.6. The normalized spacial score (nSPS) is 20.8. The highest BCUT2D eigenvalue weighted by atomic mass is 35.5. The third kappa shape index (κ3) is 4.42. The first-order valence-electron chi connectivity index (χ1n) is 10.4. The van der Waals surface area contributed by atoms with Crippen LogP contribution >= 0.6 is 11.6 Å². The minimum Gasteiger partial charge on any atom is -0.360 e. The van der Waals surface area contributed by atoms with Crippen LogP contribution in [0.2, 0.25) is 5.02 Å². The number of aromatic nitrogens is 2. The van der Waals surface area contributed by atoms with Gasteiger partial charge in [0, 0.05) is 45.5 Å². The summed E-state index contributed by atoms with van der Waals surface area (Å²) in [6, 6.07) is 3.68. The highest BCUT2D eigenvalue weighted by Crippen LogP contribution is 2.29. The summed E-state index contributed by atoms with van der Waals surface area (Å²) in [7, 11) is -3.75. The van der Waals surface area contributed by atoms with E-state index in [0.717, 1.165) is 5.82 Å². The fourth-order valence-electron chi connectivity index (χ4n) is 4.30. The molecule has 0 bridgehead atoms. The van der Waals surface area contributed by atoms with Crippen LogP contribution in [0.3, 0.4) is 0 Å². The predicted molar refractivity (Wildman–Crippen MR) is 115 cm³/mol. The Morgan fingerprint density at radius 3 is 2.52 bits per heavy atom. The third-order valence-corrected chi connectivity index (χ3v) is 8.26. The molecule has 2 aliphatic heterocycles. The van der Waals surface area contributed by atoms with Crippen molar-refractivity contribution in [2.45, 2.75) is 31.6 Å². The Morgan fingerprint density at radius 2 is 1.90 bits per heavy atom. The predicted octanol–water partition coefficient (Wildman–Crippen LogP) is 2.09. The highest BCUT2D eigenvalue weighted by molar-refractivity contribution is 7.89. The average Bonchev–Trinajstić information content (AvgIpc) is 3.12. The molecule has 168 valence electrons. The van der Waals surface area contributed by atoms with Gasteiger partial charge in [0.1, 0.15) is 16.4 Å². The number of piperidine rings is 1. The van der Waals surface area contributed by atoms with Gasteiger partial charge in [-0.05, 0) is 38.8 Å². The van der Waals surface area contributed by atoms with Gasteiger partial charge < -0.3 is 14.3 Å². The number of rotatable bonds is 4. The van der Waals surface area contributed by atoms with Gasteiger partial charge in [0.05, 0.1) is 10.9 Å². The molecule has 4 rings (SSSR count). The van der Waals surface area contributed by atoms with Crippen molar-refractivity contribution >= 4 is 33.3 Å². The number of piperazine rings is 1. The lowest BCUT2D eigenvalue weighted by atomic mass is 9.98. The quantitative estimate of drug-likeness (QED) is 0.678. The summed E-state index contributed by atoms with van der Waals surface area (Å²) in [5.74, 6) is 0.787. The second-order valence-electron chi connectivity index (χ2n) is 8.00. The molecule has 0 aromatic carbocycles. The fraction of sp³-hybridized carbons (Fsp3) is 0.550. The Labute approximate surface area is 187 Å². The molecule has 0 N–H and O–H groups in total. The Morgan fingerprint density at radius 1 is 1.16 bits per heavy atom. The number of nitrogens with zero attached hydrogens (tertiary/aromatic N) is 5. The van der Waals surface area contributed by atoms with E-state index in [1.165, 1.54) is 4.31 Å². The molecule has 1 atom stereocenters. The molecule has 1 amide bonds. The molecule has 2 aromatic heterocycles. The minimum atomic E-state index is -3.75. The molecule has 31 heavy (non-hydrogen) atoms. The van der Waals surface area contributed by atoms with Crippen LogP contribution in [0, 0.1) is 19.8 Å². The van der Waals surface area contributed by atoms with Crippen LogP contribution in [-0.4, -0.2) is 72.9 Å². The zero-order chi connectivity index (χ0) is 22.2. The maximum atomic E-state index is 13.2. The van der Waals surface area contributed by atoms with Crippen molar-refractivity contribution < 1.29 is 17.7 Å². The van der Waals surface area contributed by atoms with E-state index in [9.17, 15) is 13.2 Å². The van der Waals surface area contributed by atoms with Crippen molar-refractivity contribution in [1.29, 1.82) is 0 Å². The van der Waals surface area contributed by atoms with E-state index < -0.39 is 10.0 Å². The summed E-state index contributed by atoms with van der Waals surface area (Å²) in [5.41, 5.74) is 0.345. The monoisotopic (exact) mass is 467 g/mol. The Hall–Kier alpha value is -2.17. The van der Waals surface area contributed by atoms with Crippen LogP contribution in [-0.2, 0) is 14.8 Å². The molecule has 0 radical (unpaired) electrons. The van der Waals surface area contributed by atoms with Gasteiger partial charge in [-0.3, -0.25) is 4.79 Å². The zero-order valence-corrected chi connectivity index (χ0v) is 19.2. The lowest BCUT2D eigenvalue weighted by molar-refractivity contribution is -0.137. The van der Waals surface area contributed by atoms with E-state index >= 15 is 0 Å². The summed E-state index contributed by atoms with van der Waals surface area (Å²) < 4.78 is 32.7. The van der Waals surface area contributed by atoms with Crippen molar-refractivity contribution in [2.24, 2.45) is 5.92 Å². The molecule has 1 unspecified atom stereocenters. The number of anilines is 1. The van der Waals surface area contributed by atoms with E-state index in [1.54, 1.807) is 26.1 Å². The van der Waals surface area contributed by atoms with Gasteiger partial charge in [0.2, 0.25) is 15.9 Å². The zero-order valence-electron chi connectivity index (χ0n) is 17.6. The topological polar surface area (TPSA) is 99.8 Å². The molecule has 9 nitrogen and oxygen atoms in total. The molecule has 0 spiro atoms. The number of hydrogen-bond acceptors (Lipinski definition) is 7. The lowest BCUT2D eigenvalue weighted by Gasteiger charge is -2.39. The van der Waals surface area contributed by atoms with Crippen molar-refractivity contribution in [3.63, 3.8) is 0 Å². The van der Waals surface area contributed by atoms with Crippen LogP contribution in [0.25, 0.3) is 0 Å². The lowest BCUT2D eigenvalue weighted by Crippen LogP contribution is -2.53. The molecular weight excluding hydrogens is 442 g/mol. The highest BCUT2D eigenvalue weighted by Gasteiger charge is 2.38. The fourth-order valence-corrected chi connectivity index (χ4v) is 6.23. The SMILES string of the molecule is Cc1noc(C)c1S(=O)(=O)N1CCCC(C(=O)N2CCN(c3ccc(Cl)cn3)CC2)C1. The molecule has 11 heteroatoms. The van der Waals surface area contributed by atoms with E-state index in [-0.39, 0.29) is 29.0 Å². The molecule has 2 aliphatic rings. The van der Waals surface area contributed by atoms with Crippen molar-refractivity contribution in [2.75, 3.05) is 44.2 Å². The van der Waals surface area contributed by atoms with Crippen molar-refractivity contribution in [3.8, 4) is 0 Å².